The molecule has 0 saturated carbocycles. The summed E-state index contributed by atoms with van der Waals surface area (Å²) in [5.74, 6) is 0. The predicted octanol–water partition coefficient (Wildman–Crippen LogP) is 3.17. The number of benzene rings is 1. The molecule has 2 aromatic rings. The Kier molecular flexibility index (Phi) is 1.85. The van der Waals surface area contributed by atoms with E-state index in [0.29, 0.717) is 0 Å². The summed E-state index contributed by atoms with van der Waals surface area (Å²) >= 11 is 1.77. The fourth-order valence-electron chi connectivity index (χ4n) is 1.30. The third kappa shape index (κ3) is 1.23. The second kappa shape index (κ2) is 2.87. The van der Waals surface area contributed by atoms with Gasteiger partial charge in [-0.25, -0.2) is 4.98 Å². The number of thiazole rings is 1. The maximum atomic E-state index is 4.41. The van der Waals surface area contributed by atoms with Crippen molar-refractivity contribution in [3.8, 4) is 0 Å². The van der Waals surface area contributed by atoms with Crippen LogP contribution in [0.3, 0.4) is 0 Å². The van der Waals surface area contributed by atoms with Crippen LogP contribution in [0.25, 0.3) is 10.2 Å². The molecular formula is C10H11NS. The summed E-state index contributed by atoms with van der Waals surface area (Å²) in [6, 6.07) is 6.50. The van der Waals surface area contributed by atoms with Gasteiger partial charge in [0, 0.05) is 0 Å². The number of hydrogen-bond donors (Lipinski definition) is 0. The molecule has 0 aliphatic carbocycles. The smallest absolute Gasteiger partial charge is 0.0907 e. The van der Waals surface area contributed by atoms with Crippen LogP contribution in [0.15, 0.2) is 18.2 Å². The summed E-state index contributed by atoms with van der Waals surface area (Å²) in [6.07, 6.45) is 1.10. The molecule has 62 valence electrons. The largest absolute Gasteiger partial charge is 0.242 e. The van der Waals surface area contributed by atoms with Gasteiger partial charge in [-0.05, 0) is 31.0 Å². The Bertz CT molecular complexity index is 403. The van der Waals surface area contributed by atoms with E-state index in [0.717, 1.165) is 16.9 Å². The van der Waals surface area contributed by atoms with Crippen LogP contribution in [-0.2, 0) is 6.42 Å². The molecule has 0 spiro atoms. The average Bonchev–Trinajstić information content (AvgIpc) is 2.43. The predicted molar refractivity (Wildman–Crippen MR) is 53.7 cm³/mol. The van der Waals surface area contributed by atoms with Crippen LogP contribution in [0.4, 0.5) is 0 Å². The van der Waals surface area contributed by atoms with E-state index < -0.39 is 0 Å². The van der Waals surface area contributed by atoms with Crippen molar-refractivity contribution in [3.63, 3.8) is 0 Å². The molecule has 0 saturated heterocycles. The molecule has 1 aromatic heterocycles. The normalized spacial score (nSPS) is 10.8. The molecular weight excluding hydrogens is 166 g/mol. The first-order valence-corrected chi connectivity index (χ1v) is 4.97. The summed E-state index contributed by atoms with van der Waals surface area (Å²) in [4.78, 5) is 4.41. The van der Waals surface area contributed by atoms with Gasteiger partial charge < -0.3 is 0 Å². The van der Waals surface area contributed by atoms with Gasteiger partial charge in [-0.2, -0.15) is 0 Å². The Hall–Kier alpha value is -0.890. The van der Waals surface area contributed by atoms with Crippen LogP contribution in [0.5, 0.6) is 0 Å². The Morgan fingerprint density at radius 3 is 3.00 bits per heavy atom. The minimum atomic E-state index is 1.10. The van der Waals surface area contributed by atoms with E-state index in [4.69, 9.17) is 0 Å². The lowest BCUT2D eigenvalue weighted by Gasteiger charge is -1.93. The number of fused-ring (bicyclic) bond motifs is 1. The SMILES string of the molecule is CCc1ccc2nc(C)sc2c1. The van der Waals surface area contributed by atoms with Crippen LogP contribution in [0, 0.1) is 6.92 Å². The summed E-state index contributed by atoms with van der Waals surface area (Å²) in [5, 5.41) is 1.15. The molecule has 0 bridgehead atoms. The second-order valence-electron chi connectivity index (χ2n) is 2.89. The van der Waals surface area contributed by atoms with Gasteiger partial charge >= 0.3 is 0 Å². The van der Waals surface area contributed by atoms with Crippen LogP contribution in [0.1, 0.15) is 17.5 Å². The maximum absolute atomic E-state index is 4.41. The van der Waals surface area contributed by atoms with Gasteiger partial charge in [-0.1, -0.05) is 13.0 Å². The number of aromatic nitrogens is 1. The Balaban J connectivity index is 2.66. The van der Waals surface area contributed by atoms with Crippen molar-refractivity contribution >= 4 is 21.6 Å². The van der Waals surface area contributed by atoms with Gasteiger partial charge in [0.2, 0.25) is 0 Å². The first kappa shape index (κ1) is 7.74. The highest BCUT2D eigenvalue weighted by atomic mass is 32.1. The number of nitrogens with zero attached hydrogens (tertiary/aromatic N) is 1. The quantitative estimate of drug-likeness (QED) is 0.652. The summed E-state index contributed by atoms with van der Waals surface area (Å²) in [6.45, 7) is 4.23. The molecule has 0 fully saturated rings. The molecule has 0 atom stereocenters. The summed E-state index contributed by atoms with van der Waals surface area (Å²) in [7, 11) is 0. The van der Waals surface area contributed by atoms with Crippen LogP contribution in [-0.4, -0.2) is 4.98 Å². The third-order valence-electron chi connectivity index (χ3n) is 1.97. The Labute approximate surface area is 76.1 Å². The molecule has 0 amide bonds. The molecule has 1 aromatic carbocycles. The maximum Gasteiger partial charge on any atom is 0.0907 e. The number of rotatable bonds is 1. The molecule has 0 radical (unpaired) electrons. The molecule has 2 rings (SSSR count). The van der Waals surface area contributed by atoms with Crippen molar-refractivity contribution in [1.82, 2.24) is 4.98 Å². The molecule has 0 N–H and O–H groups in total. The molecule has 1 nitrogen and oxygen atoms in total. The van der Waals surface area contributed by atoms with Gasteiger partial charge in [-0.15, -0.1) is 11.3 Å². The van der Waals surface area contributed by atoms with Crippen molar-refractivity contribution in [3.05, 3.63) is 28.8 Å². The first-order valence-electron chi connectivity index (χ1n) is 4.15. The van der Waals surface area contributed by atoms with Crippen LogP contribution >= 0.6 is 11.3 Å². The zero-order valence-corrected chi connectivity index (χ0v) is 8.11. The highest BCUT2D eigenvalue weighted by molar-refractivity contribution is 7.18. The fourth-order valence-corrected chi connectivity index (χ4v) is 2.19. The fraction of sp³-hybridized carbons (Fsp3) is 0.300. The number of aryl methyl sites for hydroxylation is 2. The highest BCUT2D eigenvalue weighted by Crippen LogP contribution is 2.22. The zero-order chi connectivity index (χ0) is 8.55. The summed E-state index contributed by atoms with van der Waals surface area (Å²) in [5.41, 5.74) is 2.53. The van der Waals surface area contributed by atoms with E-state index in [2.05, 4.69) is 37.0 Å². The minimum Gasteiger partial charge on any atom is -0.242 e. The van der Waals surface area contributed by atoms with E-state index in [1.807, 2.05) is 0 Å². The van der Waals surface area contributed by atoms with Crippen molar-refractivity contribution in [1.29, 1.82) is 0 Å². The number of hydrogen-bond acceptors (Lipinski definition) is 2. The Morgan fingerprint density at radius 1 is 1.42 bits per heavy atom. The van der Waals surface area contributed by atoms with Crippen molar-refractivity contribution in [2.45, 2.75) is 20.3 Å². The highest BCUT2D eigenvalue weighted by Gasteiger charge is 1.99. The minimum absolute atomic E-state index is 1.10. The van der Waals surface area contributed by atoms with E-state index in [1.54, 1.807) is 11.3 Å². The van der Waals surface area contributed by atoms with E-state index in [9.17, 15) is 0 Å². The van der Waals surface area contributed by atoms with Crippen molar-refractivity contribution in [2.24, 2.45) is 0 Å². The average molecular weight is 177 g/mol. The molecule has 0 aliphatic heterocycles. The first-order chi connectivity index (χ1) is 5.79. The summed E-state index contributed by atoms with van der Waals surface area (Å²) < 4.78 is 1.31. The zero-order valence-electron chi connectivity index (χ0n) is 7.29. The second-order valence-corrected chi connectivity index (χ2v) is 4.12. The van der Waals surface area contributed by atoms with Gasteiger partial charge in [0.1, 0.15) is 0 Å². The van der Waals surface area contributed by atoms with Gasteiger partial charge in [-0.3, -0.25) is 0 Å². The standard InChI is InChI=1S/C10H11NS/c1-3-8-4-5-9-10(6-8)12-7(2)11-9/h4-6H,3H2,1-2H3. The van der Waals surface area contributed by atoms with E-state index in [-0.39, 0.29) is 0 Å². The lowest BCUT2D eigenvalue weighted by molar-refractivity contribution is 1.15. The topological polar surface area (TPSA) is 12.9 Å². The molecule has 0 unspecified atom stereocenters. The van der Waals surface area contributed by atoms with Gasteiger partial charge in [0.15, 0.2) is 0 Å². The monoisotopic (exact) mass is 177 g/mol. The van der Waals surface area contributed by atoms with Crippen molar-refractivity contribution < 1.29 is 0 Å². The van der Waals surface area contributed by atoms with Crippen LogP contribution in [0.2, 0.25) is 0 Å². The third-order valence-corrected chi connectivity index (χ3v) is 2.90. The van der Waals surface area contributed by atoms with Gasteiger partial charge in [0.05, 0.1) is 15.2 Å². The lowest BCUT2D eigenvalue weighted by atomic mass is 10.2. The molecule has 0 aliphatic rings. The molecule has 2 heteroatoms. The van der Waals surface area contributed by atoms with E-state index >= 15 is 0 Å². The Morgan fingerprint density at radius 2 is 2.25 bits per heavy atom. The lowest BCUT2D eigenvalue weighted by Crippen LogP contribution is -1.77. The molecule has 12 heavy (non-hydrogen) atoms. The molecule has 1 heterocycles. The van der Waals surface area contributed by atoms with Crippen molar-refractivity contribution in [2.75, 3.05) is 0 Å². The van der Waals surface area contributed by atoms with Gasteiger partial charge in [0.25, 0.3) is 0 Å². The van der Waals surface area contributed by atoms with Crippen LogP contribution < -0.4 is 0 Å². The van der Waals surface area contributed by atoms with E-state index in [1.165, 1.54) is 10.3 Å².